The maximum absolute atomic E-state index is 11.9. The van der Waals surface area contributed by atoms with Gasteiger partial charge >= 0.3 is 0 Å². The van der Waals surface area contributed by atoms with Crippen molar-refractivity contribution in [1.82, 2.24) is 0 Å². The molecular weight excluding hydrogens is 302 g/mol. The van der Waals surface area contributed by atoms with Crippen LogP contribution in [-0.4, -0.2) is 5.91 Å². The lowest BCUT2D eigenvalue weighted by atomic mass is 10.2. The van der Waals surface area contributed by atoms with E-state index in [4.69, 9.17) is 9.15 Å². The summed E-state index contributed by atoms with van der Waals surface area (Å²) >= 11 is 0. The number of aryl methyl sites for hydroxylation is 1. The molecule has 0 unspecified atom stereocenters. The van der Waals surface area contributed by atoms with Gasteiger partial charge in [-0.15, -0.1) is 0 Å². The third kappa shape index (κ3) is 4.74. The molecule has 0 saturated heterocycles. The minimum atomic E-state index is -0.0376. The zero-order valence-electron chi connectivity index (χ0n) is 13.3. The molecule has 0 atom stereocenters. The van der Waals surface area contributed by atoms with Crippen LogP contribution in [0.15, 0.2) is 77.4 Å². The first kappa shape index (κ1) is 15.9. The first-order valence-electron chi connectivity index (χ1n) is 7.88. The van der Waals surface area contributed by atoms with Gasteiger partial charge in [0.1, 0.15) is 18.1 Å². The monoisotopic (exact) mass is 321 g/mol. The fourth-order valence-electron chi connectivity index (χ4n) is 2.29. The Labute approximate surface area is 141 Å². The Morgan fingerprint density at radius 2 is 1.75 bits per heavy atom. The first-order chi connectivity index (χ1) is 11.8. The Morgan fingerprint density at radius 3 is 2.46 bits per heavy atom. The van der Waals surface area contributed by atoms with Gasteiger partial charge in [-0.05, 0) is 42.0 Å². The molecule has 0 fully saturated rings. The third-order valence-electron chi connectivity index (χ3n) is 3.56. The molecule has 1 aromatic heterocycles. The second-order valence-electron chi connectivity index (χ2n) is 5.43. The van der Waals surface area contributed by atoms with Crippen molar-refractivity contribution in [3.63, 3.8) is 0 Å². The van der Waals surface area contributed by atoms with Gasteiger partial charge in [-0.1, -0.05) is 30.3 Å². The molecule has 3 rings (SSSR count). The van der Waals surface area contributed by atoms with E-state index < -0.39 is 0 Å². The highest BCUT2D eigenvalue weighted by molar-refractivity contribution is 5.90. The van der Waals surface area contributed by atoms with Gasteiger partial charge in [0.25, 0.3) is 0 Å². The van der Waals surface area contributed by atoms with Crippen molar-refractivity contribution in [3.8, 4) is 5.75 Å². The molecule has 4 nitrogen and oxygen atoms in total. The normalized spacial score (nSPS) is 10.3. The van der Waals surface area contributed by atoms with Crippen LogP contribution in [0.4, 0.5) is 5.69 Å². The topological polar surface area (TPSA) is 51.5 Å². The molecule has 122 valence electrons. The lowest BCUT2D eigenvalue weighted by Gasteiger charge is -2.08. The molecule has 0 aliphatic rings. The van der Waals surface area contributed by atoms with Crippen LogP contribution in [0, 0.1) is 0 Å². The van der Waals surface area contributed by atoms with Gasteiger partial charge in [-0.2, -0.15) is 0 Å². The number of amides is 1. The van der Waals surface area contributed by atoms with Gasteiger partial charge in [-0.3, -0.25) is 4.79 Å². The van der Waals surface area contributed by atoms with Crippen molar-refractivity contribution in [3.05, 3.63) is 84.3 Å². The predicted octanol–water partition coefficient (Wildman–Crippen LogP) is 4.43. The number of carbonyl (C=O) groups is 1. The molecule has 0 aliphatic carbocycles. The van der Waals surface area contributed by atoms with Crippen LogP contribution in [-0.2, 0) is 17.8 Å². The smallest absolute Gasteiger partial charge is 0.224 e. The standard InChI is InChI=1S/C20H19NO3/c22-20(13-12-18-7-4-14-23-18)21-17-8-10-19(11-9-17)24-15-16-5-2-1-3-6-16/h1-11,14H,12-13,15H2,(H,21,22). The van der Waals surface area contributed by atoms with Crippen LogP contribution < -0.4 is 10.1 Å². The minimum Gasteiger partial charge on any atom is -0.489 e. The van der Waals surface area contributed by atoms with Gasteiger partial charge < -0.3 is 14.5 Å². The SMILES string of the molecule is O=C(CCc1ccco1)Nc1ccc(OCc2ccccc2)cc1. The number of benzene rings is 2. The highest BCUT2D eigenvalue weighted by atomic mass is 16.5. The Kier molecular flexibility index (Phi) is 5.30. The number of rotatable bonds is 7. The number of nitrogens with one attached hydrogen (secondary N) is 1. The molecule has 0 aliphatic heterocycles. The second kappa shape index (κ2) is 8.02. The van der Waals surface area contributed by atoms with Crippen molar-refractivity contribution >= 4 is 11.6 Å². The average Bonchev–Trinajstić information content (AvgIpc) is 3.14. The van der Waals surface area contributed by atoms with Crippen molar-refractivity contribution < 1.29 is 13.9 Å². The van der Waals surface area contributed by atoms with Crippen molar-refractivity contribution in [1.29, 1.82) is 0 Å². The summed E-state index contributed by atoms with van der Waals surface area (Å²) in [5.74, 6) is 1.55. The van der Waals surface area contributed by atoms with E-state index in [0.717, 1.165) is 22.8 Å². The van der Waals surface area contributed by atoms with Gasteiger partial charge in [0.15, 0.2) is 0 Å². The van der Waals surface area contributed by atoms with E-state index >= 15 is 0 Å². The molecule has 24 heavy (non-hydrogen) atoms. The summed E-state index contributed by atoms with van der Waals surface area (Å²) in [6.45, 7) is 0.524. The van der Waals surface area contributed by atoms with E-state index in [1.54, 1.807) is 6.26 Å². The van der Waals surface area contributed by atoms with Crippen LogP contribution in [0.2, 0.25) is 0 Å². The summed E-state index contributed by atoms with van der Waals surface area (Å²) in [5, 5.41) is 2.87. The third-order valence-corrected chi connectivity index (χ3v) is 3.56. The Bertz CT molecular complexity index is 749. The molecule has 1 N–H and O–H groups in total. The molecule has 0 radical (unpaired) electrons. The molecule has 2 aromatic carbocycles. The molecule has 0 saturated carbocycles. The minimum absolute atomic E-state index is 0.0376. The summed E-state index contributed by atoms with van der Waals surface area (Å²) in [5.41, 5.74) is 1.87. The maximum atomic E-state index is 11.9. The van der Waals surface area contributed by atoms with Crippen molar-refractivity contribution in [2.45, 2.75) is 19.4 Å². The molecule has 3 aromatic rings. The predicted molar refractivity (Wildman–Crippen MR) is 92.9 cm³/mol. The Balaban J connectivity index is 1.46. The van der Waals surface area contributed by atoms with Crippen LogP contribution >= 0.6 is 0 Å². The van der Waals surface area contributed by atoms with Gasteiger partial charge in [0.05, 0.1) is 6.26 Å². The number of carbonyl (C=O) groups excluding carboxylic acids is 1. The second-order valence-corrected chi connectivity index (χ2v) is 5.43. The summed E-state index contributed by atoms with van der Waals surface area (Å²) in [4.78, 5) is 11.9. The average molecular weight is 321 g/mol. The van der Waals surface area contributed by atoms with Crippen LogP contribution in [0.5, 0.6) is 5.75 Å². The van der Waals surface area contributed by atoms with E-state index in [0.29, 0.717) is 19.4 Å². The summed E-state index contributed by atoms with van der Waals surface area (Å²) in [6, 6.07) is 21.1. The van der Waals surface area contributed by atoms with Gasteiger partial charge in [-0.25, -0.2) is 0 Å². The summed E-state index contributed by atoms with van der Waals surface area (Å²) in [6.07, 6.45) is 2.60. The van der Waals surface area contributed by atoms with Gasteiger partial charge in [0, 0.05) is 18.5 Å². The number of hydrogen-bond acceptors (Lipinski definition) is 3. The van der Waals surface area contributed by atoms with Crippen LogP contribution in [0.3, 0.4) is 0 Å². The Hall–Kier alpha value is -3.01. The fraction of sp³-hybridized carbons (Fsp3) is 0.150. The largest absolute Gasteiger partial charge is 0.489 e. The highest BCUT2D eigenvalue weighted by Crippen LogP contribution is 2.17. The van der Waals surface area contributed by atoms with Crippen molar-refractivity contribution in [2.75, 3.05) is 5.32 Å². The van der Waals surface area contributed by atoms with E-state index in [1.807, 2.05) is 66.7 Å². The van der Waals surface area contributed by atoms with E-state index in [9.17, 15) is 4.79 Å². The van der Waals surface area contributed by atoms with E-state index in [-0.39, 0.29) is 5.91 Å². The quantitative estimate of drug-likeness (QED) is 0.700. The van der Waals surface area contributed by atoms with Crippen molar-refractivity contribution in [2.24, 2.45) is 0 Å². The molecule has 0 bridgehead atoms. The summed E-state index contributed by atoms with van der Waals surface area (Å²) < 4.78 is 10.9. The highest BCUT2D eigenvalue weighted by Gasteiger charge is 2.05. The van der Waals surface area contributed by atoms with Crippen LogP contribution in [0.25, 0.3) is 0 Å². The number of ether oxygens (including phenoxy) is 1. The number of anilines is 1. The molecule has 0 spiro atoms. The fourth-order valence-corrected chi connectivity index (χ4v) is 2.29. The molecule has 1 amide bonds. The molecule has 1 heterocycles. The van der Waals surface area contributed by atoms with Crippen LogP contribution in [0.1, 0.15) is 17.7 Å². The zero-order chi connectivity index (χ0) is 16.6. The molecule has 4 heteroatoms. The number of hydrogen-bond donors (Lipinski definition) is 1. The summed E-state index contributed by atoms with van der Waals surface area (Å²) in [7, 11) is 0. The maximum Gasteiger partial charge on any atom is 0.224 e. The number of furan rings is 1. The zero-order valence-corrected chi connectivity index (χ0v) is 13.3. The lowest BCUT2D eigenvalue weighted by molar-refractivity contribution is -0.116. The lowest BCUT2D eigenvalue weighted by Crippen LogP contribution is -2.12. The van der Waals surface area contributed by atoms with Gasteiger partial charge in [0.2, 0.25) is 5.91 Å². The Morgan fingerprint density at radius 1 is 0.958 bits per heavy atom. The first-order valence-corrected chi connectivity index (χ1v) is 7.88. The van der Waals surface area contributed by atoms with E-state index in [2.05, 4.69) is 5.32 Å². The molecular formula is C20H19NO3. The van der Waals surface area contributed by atoms with E-state index in [1.165, 1.54) is 0 Å².